The van der Waals surface area contributed by atoms with Gasteiger partial charge >= 0.3 is 0 Å². The summed E-state index contributed by atoms with van der Waals surface area (Å²) in [5, 5.41) is 6.86. The molecule has 1 heterocycles. The van der Waals surface area contributed by atoms with Crippen LogP contribution >= 0.6 is 0 Å². The van der Waals surface area contributed by atoms with E-state index in [1.165, 1.54) is 6.39 Å². The molecule has 0 spiro atoms. The van der Waals surface area contributed by atoms with Crippen LogP contribution in [0, 0.1) is 0 Å². The summed E-state index contributed by atoms with van der Waals surface area (Å²) >= 11 is 0. The van der Waals surface area contributed by atoms with Gasteiger partial charge in [-0.25, -0.2) is 0 Å². The van der Waals surface area contributed by atoms with Crippen molar-refractivity contribution in [1.82, 2.24) is 15.5 Å². The van der Waals surface area contributed by atoms with Gasteiger partial charge in [0.15, 0.2) is 12.4 Å². The van der Waals surface area contributed by atoms with Gasteiger partial charge in [-0.1, -0.05) is 17.3 Å². The first-order chi connectivity index (χ1) is 9.24. The van der Waals surface area contributed by atoms with E-state index in [0.717, 1.165) is 5.56 Å². The number of carbonyl (C=O) groups excluding carboxylic acids is 1. The van der Waals surface area contributed by atoms with Crippen molar-refractivity contribution in [3.05, 3.63) is 42.0 Å². The van der Waals surface area contributed by atoms with Gasteiger partial charge in [0.25, 0.3) is 5.91 Å². The van der Waals surface area contributed by atoms with Gasteiger partial charge in [0.1, 0.15) is 5.75 Å². The molecule has 0 aliphatic rings. The van der Waals surface area contributed by atoms with Crippen molar-refractivity contribution in [1.29, 1.82) is 0 Å². The van der Waals surface area contributed by atoms with Crippen LogP contribution in [0.2, 0.25) is 0 Å². The van der Waals surface area contributed by atoms with Crippen LogP contribution in [0.1, 0.15) is 11.4 Å². The van der Waals surface area contributed by atoms with Gasteiger partial charge in [-0.05, 0) is 17.7 Å². The summed E-state index contributed by atoms with van der Waals surface area (Å²) in [6.07, 6.45) is 1.29. The number of aromatic nitrogens is 2. The van der Waals surface area contributed by atoms with E-state index in [0.29, 0.717) is 24.7 Å². The quantitative estimate of drug-likeness (QED) is 0.740. The van der Waals surface area contributed by atoms with Crippen molar-refractivity contribution in [2.75, 3.05) is 6.61 Å². The van der Waals surface area contributed by atoms with Crippen molar-refractivity contribution in [2.24, 2.45) is 5.73 Å². The van der Waals surface area contributed by atoms with Crippen LogP contribution in [0.4, 0.5) is 0 Å². The van der Waals surface area contributed by atoms with Crippen LogP contribution in [-0.2, 0) is 17.9 Å². The minimum absolute atomic E-state index is 0.116. The minimum Gasteiger partial charge on any atom is -0.484 e. The molecule has 1 amide bonds. The Balaban J connectivity index is 1.76. The molecule has 2 rings (SSSR count). The van der Waals surface area contributed by atoms with Crippen LogP contribution in [-0.4, -0.2) is 22.7 Å². The highest BCUT2D eigenvalue weighted by atomic mass is 16.5. The number of ether oxygens (including phenoxy) is 1. The molecule has 0 atom stereocenters. The van der Waals surface area contributed by atoms with Crippen LogP contribution in [0.5, 0.6) is 5.75 Å². The number of nitrogens with one attached hydrogen (secondary N) is 1. The zero-order valence-electron chi connectivity index (χ0n) is 10.2. The van der Waals surface area contributed by atoms with Crippen molar-refractivity contribution >= 4 is 5.91 Å². The maximum atomic E-state index is 10.6. The van der Waals surface area contributed by atoms with Gasteiger partial charge in [-0.3, -0.25) is 4.79 Å². The average molecular weight is 262 g/mol. The minimum atomic E-state index is -0.495. The first kappa shape index (κ1) is 13.0. The molecule has 7 nitrogen and oxygen atoms in total. The lowest BCUT2D eigenvalue weighted by molar-refractivity contribution is -0.119. The predicted octanol–water partition coefficient (Wildman–Crippen LogP) is 0.223. The van der Waals surface area contributed by atoms with E-state index >= 15 is 0 Å². The largest absolute Gasteiger partial charge is 0.484 e. The number of benzene rings is 1. The van der Waals surface area contributed by atoms with Crippen molar-refractivity contribution in [3.8, 4) is 5.75 Å². The summed E-state index contributed by atoms with van der Waals surface area (Å²) in [5.74, 6) is 0.730. The fraction of sp³-hybridized carbons (Fsp3) is 0.250. The highest BCUT2D eigenvalue weighted by molar-refractivity contribution is 5.75. The van der Waals surface area contributed by atoms with E-state index in [9.17, 15) is 4.79 Å². The smallest absolute Gasteiger partial charge is 0.255 e. The van der Waals surface area contributed by atoms with E-state index in [2.05, 4.69) is 20.0 Å². The molecule has 100 valence electrons. The summed E-state index contributed by atoms with van der Waals surface area (Å²) in [7, 11) is 0. The van der Waals surface area contributed by atoms with Crippen molar-refractivity contribution in [3.63, 3.8) is 0 Å². The molecule has 0 bridgehead atoms. The topological polar surface area (TPSA) is 103 Å². The molecule has 0 radical (unpaired) electrons. The molecular weight excluding hydrogens is 248 g/mol. The molecule has 0 unspecified atom stereocenters. The van der Waals surface area contributed by atoms with Gasteiger partial charge in [-0.15, -0.1) is 0 Å². The SMILES string of the molecule is NC(=O)COc1ccc(CNCc2ncon2)cc1. The van der Waals surface area contributed by atoms with Crippen LogP contribution in [0.25, 0.3) is 0 Å². The molecule has 0 saturated carbocycles. The number of hydrogen-bond donors (Lipinski definition) is 2. The Morgan fingerprint density at radius 2 is 2.11 bits per heavy atom. The molecule has 19 heavy (non-hydrogen) atoms. The highest BCUT2D eigenvalue weighted by Gasteiger charge is 2.00. The Bertz CT molecular complexity index is 510. The molecule has 0 aliphatic carbocycles. The molecule has 0 saturated heterocycles. The van der Waals surface area contributed by atoms with E-state index in [-0.39, 0.29) is 6.61 Å². The molecule has 1 aromatic heterocycles. The third kappa shape index (κ3) is 4.40. The molecule has 0 fully saturated rings. The Hall–Kier alpha value is -2.41. The Morgan fingerprint density at radius 3 is 2.74 bits per heavy atom. The predicted molar refractivity (Wildman–Crippen MR) is 66.0 cm³/mol. The third-order valence-corrected chi connectivity index (χ3v) is 2.32. The second-order valence-corrected chi connectivity index (χ2v) is 3.85. The second-order valence-electron chi connectivity index (χ2n) is 3.85. The second kappa shape index (κ2) is 6.50. The molecule has 1 aromatic carbocycles. The number of nitrogens with zero attached hydrogens (tertiary/aromatic N) is 2. The monoisotopic (exact) mass is 262 g/mol. The van der Waals surface area contributed by atoms with Gasteiger partial charge < -0.3 is 20.3 Å². The normalized spacial score (nSPS) is 10.3. The molecule has 2 aromatic rings. The van der Waals surface area contributed by atoms with Crippen LogP contribution < -0.4 is 15.8 Å². The lowest BCUT2D eigenvalue weighted by atomic mass is 10.2. The summed E-state index contributed by atoms with van der Waals surface area (Å²) < 4.78 is 9.78. The molecule has 0 aliphatic heterocycles. The first-order valence-corrected chi connectivity index (χ1v) is 5.70. The van der Waals surface area contributed by atoms with Crippen molar-refractivity contribution in [2.45, 2.75) is 13.1 Å². The number of hydrogen-bond acceptors (Lipinski definition) is 6. The van der Waals surface area contributed by atoms with E-state index in [1.807, 2.05) is 12.1 Å². The van der Waals surface area contributed by atoms with E-state index < -0.39 is 5.91 Å². The Labute approximate surface area is 109 Å². The molecule has 3 N–H and O–H groups in total. The lowest BCUT2D eigenvalue weighted by Crippen LogP contribution is -2.20. The van der Waals surface area contributed by atoms with Crippen LogP contribution in [0.3, 0.4) is 0 Å². The zero-order chi connectivity index (χ0) is 13.5. The van der Waals surface area contributed by atoms with Gasteiger partial charge in [0.2, 0.25) is 6.39 Å². The number of rotatable bonds is 7. The Morgan fingerprint density at radius 1 is 1.32 bits per heavy atom. The molecular formula is C12H14N4O3. The number of carbonyl (C=O) groups is 1. The number of amides is 1. The Kier molecular flexibility index (Phi) is 4.46. The maximum Gasteiger partial charge on any atom is 0.255 e. The highest BCUT2D eigenvalue weighted by Crippen LogP contribution is 2.11. The van der Waals surface area contributed by atoms with Gasteiger partial charge in [0, 0.05) is 6.54 Å². The summed E-state index contributed by atoms with van der Waals surface area (Å²) in [6.45, 7) is 1.09. The number of nitrogens with two attached hydrogens (primary N) is 1. The molecule has 7 heteroatoms. The van der Waals surface area contributed by atoms with Crippen molar-refractivity contribution < 1.29 is 14.1 Å². The maximum absolute atomic E-state index is 10.6. The third-order valence-electron chi connectivity index (χ3n) is 2.32. The van der Waals surface area contributed by atoms with E-state index in [1.54, 1.807) is 12.1 Å². The van der Waals surface area contributed by atoms with Crippen LogP contribution in [0.15, 0.2) is 35.2 Å². The summed E-state index contributed by atoms with van der Waals surface area (Å²) in [5.41, 5.74) is 6.07. The standard InChI is InChI=1S/C12H14N4O3/c13-11(17)7-18-10-3-1-9(2-4-10)5-14-6-12-15-8-19-16-12/h1-4,8,14H,5-7H2,(H2,13,17). The van der Waals surface area contributed by atoms with Gasteiger partial charge in [-0.2, -0.15) is 4.98 Å². The lowest BCUT2D eigenvalue weighted by Gasteiger charge is -2.05. The summed E-state index contributed by atoms with van der Waals surface area (Å²) in [4.78, 5) is 14.5. The van der Waals surface area contributed by atoms with Gasteiger partial charge in [0.05, 0.1) is 6.54 Å². The number of primary amides is 1. The fourth-order valence-corrected chi connectivity index (χ4v) is 1.45. The van der Waals surface area contributed by atoms with E-state index in [4.69, 9.17) is 10.5 Å². The first-order valence-electron chi connectivity index (χ1n) is 5.70. The summed E-state index contributed by atoms with van der Waals surface area (Å²) in [6, 6.07) is 7.38. The fourth-order valence-electron chi connectivity index (χ4n) is 1.45. The average Bonchev–Trinajstić information content (AvgIpc) is 2.91. The zero-order valence-corrected chi connectivity index (χ0v) is 10.2.